The quantitative estimate of drug-likeness (QED) is 0.824. The summed E-state index contributed by atoms with van der Waals surface area (Å²) in [5.74, 6) is -0.0475. The Hall–Kier alpha value is -2.33. The SMILES string of the molecule is Cc1ccc(COc2ccc(CN[C@H](C)C(=O)O)cc2)cc1. The zero-order valence-electron chi connectivity index (χ0n) is 12.9. The number of carboxylic acids is 1. The third kappa shape index (κ3) is 4.90. The Labute approximate surface area is 130 Å². The number of hydrogen-bond donors (Lipinski definition) is 2. The van der Waals surface area contributed by atoms with Crippen molar-refractivity contribution in [2.75, 3.05) is 0 Å². The number of nitrogens with one attached hydrogen (secondary N) is 1. The first-order valence-electron chi connectivity index (χ1n) is 7.28. The van der Waals surface area contributed by atoms with Crippen LogP contribution in [0.4, 0.5) is 0 Å². The zero-order chi connectivity index (χ0) is 15.9. The van der Waals surface area contributed by atoms with Gasteiger partial charge in [-0.1, -0.05) is 42.0 Å². The summed E-state index contributed by atoms with van der Waals surface area (Å²) in [5.41, 5.74) is 3.39. The van der Waals surface area contributed by atoms with Gasteiger partial charge in [0.05, 0.1) is 0 Å². The molecule has 0 aromatic heterocycles. The van der Waals surface area contributed by atoms with Crippen molar-refractivity contribution < 1.29 is 14.6 Å². The van der Waals surface area contributed by atoms with Crippen molar-refractivity contribution in [2.24, 2.45) is 0 Å². The van der Waals surface area contributed by atoms with Crippen molar-refractivity contribution in [3.05, 3.63) is 65.2 Å². The fraction of sp³-hybridized carbons (Fsp3) is 0.278. The summed E-state index contributed by atoms with van der Waals surface area (Å²) in [4.78, 5) is 10.7. The van der Waals surface area contributed by atoms with Crippen molar-refractivity contribution in [3.63, 3.8) is 0 Å². The van der Waals surface area contributed by atoms with Crippen LogP contribution in [-0.4, -0.2) is 17.1 Å². The van der Waals surface area contributed by atoms with E-state index < -0.39 is 12.0 Å². The van der Waals surface area contributed by atoms with Gasteiger partial charge in [-0.05, 0) is 37.1 Å². The van der Waals surface area contributed by atoms with Gasteiger partial charge < -0.3 is 15.2 Å². The zero-order valence-corrected chi connectivity index (χ0v) is 12.9. The number of carboxylic acid groups (broad SMARTS) is 1. The van der Waals surface area contributed by atoms with Crippen LogP contribution in [0.25, 0.3) is 0 Å². The predicted octanol–water partition coefficient (Wildman–Crippen LogP) is 3.14. The van der Waals surface area contributed by atoms with Gasteiger partial charge in [0.2, 0.25) is 0 Å². The van der Waals surface area contributed by atoms with E-state index in [4.69, 9.17) is 9.84 Å². The maximum absolute atomic E-state index is 10.7. The van der Waals surface area contributed by atoms with E-state index in [-0.39, 0.29) is 0 Å². The Morgan fingerprint density at radius 1 is 1.09 bits per heavy atom. The van der Waals surface area contributed by atoms with Crippen LogP contribution in [0.2, 0.25) is 0 Å². The molecular formula is C18H21NO3. The molecule has 116 valence electrons. The van der Waals surface area contributed by atoms with E-state index in [0.717, 1.165) is 16.9 Å². The van der Waals surface area contributed by atoms with E-state index >= 15 is 0 Å². The predicted molar refractivity (Wildman–Crippen MR) is 85.9 cm³/mol. The number of hydrogen-bond acceptors (Lipinski definition) is 3. The van der Waals surface area contributed by atoms with Gasteiger partial charge in [-0.15, -0.1) is 0 Å². The number of aliphatic carboxylic acids is 1. The van der Waals surface area contributed by atoms with E-state index in [1.54, 1.807) is 6.92 Å². The van der Waals surface area contributed by atoms with Gasteiger partial charge in [0.15, 0.2) is 0 Å². The molecule has 0 heterocycles. The second-order valence-corrected chi connectivity index (χ2v) is 5.36. The molecule has 4 nitrogen and oxygen atoms in total. The molecule has 0 spiro atoms. The molecule has 0 saturated carbocycles. The van der Waals surface area contributed by atoms with Crippen molar-refractivity contribution >= 4 is 5.97 Å². The standard InChI is InChI=1S/C18H21NO3/c1-13-3-5-16(6-4-13)12-22-17-9-7-15(8-10-17)11-19-14(2)18(20)21/h3-10,14,19H,11-12H2,1-2H3,(H,20,21)/t14-/m1/s1. The second-order valence-electron chi connectivity index (χ2n) is 5.36. The Kier molecular flexibility index (Phi) is 5.55. The minimum atomic E-state index is -0.849. The summed E-state index contributed by atoms with van der Waals surface area (Å²) < 4.78 is 5.74. The highest BCUT2D eigenvalue weighted by Crippen LogP contribution is 2.14. The number of aryl methyl sites for hydroxylation is 1. The molecule has 0 radical (unpaired) electrons. The van der Waals surface area contributed by atoms with Gasteiger partial charge in [0.1, 0.15) is 18.4 Å². The van der Waals surface area contributed by atoms with Gasteiger partial charge in [-0.25, -0.2) is 0 Å². The fourth-order valence-electron chi connectivity index (χ4n) is 1.91. The highest BCUT2D eigenvalue weighted by molar-refractivity contribution is 5.72. The molecule has 4 heteroatoms. The monoisotopic (exact) mass is 299 g/mol. The summed E-state index contributed by atoms with van der Waals surface area (Å²) in [6, 6.07) is 15.4. The van der Waals surface area contributed by atoms with Gasteiger partial charge in [-0.2, -0.15) is 0 Å². The smallest absolute Gasteiger partial charge is 0.320 e. The van der Waals surface area contributed by atoms with Crippen molar-refractivity contribution in [1.82, 2.24) is 5.32 Å². The van der Waals surface area contributed by atoms with Crippen molar-refractivity contribution in [3.8, 4) is 5.75 Å². The molecule has 0 bridgehead atoms. The van der Waals surface area contributed by atoms with Crippen LogP contribution in [0.1, 0.15) is 23.6 Å². The van der Waals surface area contributed by atoms with Gasteiger partial charge in [0.25, 0.3) is 0 Å². The topological polar surface area (TPSA) is 58.6 Å². The van der Waals surface area contributed by atoms with Crippen LogP contribution in [0.3, 0.4) is 0 Å². The molecule has 0 unspecified atom stereocenters. The minimum absolute atomic E-state index is 0.520. The molecular weight excluding hydrogens is 278 g/mol. The molecule has 2 aromatic carbocycles. The molecule has 0 aliphatic carbocycles. The first-order valence-corrected chi connectivity index (χ1v) is 7.28. The maximum atomic E-state index is 10.7. The van der Waals surface area contributed by atoms with Crippen LogP contribution in [0, 0.1) is 6.92 Å². The number of ether oxygens (including phenoxy) is 1. The van der Waals surface area contributed by atoms with E-state index in [1.807, 2.05) is 24.3 Å². The van der Waals surface area contributed by atoms with E-state index in [2.05, 4.69) is 36.5 Å². The van der Waals surface area contributed by atoms with Gasteiger partial charge in [-0.3, -0.25) is 4.79 Å². The molecule has 0 amide bonds. The number of benzene rings is 2. The van der Waals surface area contributed by atoms with E-state index in [9.17, 15) is 4.79 Å². The maximum Gasteiger partial charge on any atom is 0.320 e. The molecule has 0 saturated heterocycles. The molecule has 0 fully saturated rings. The molecule has 0 aliphatic rings. The lowest BCUT2D eigenvalue weighted by atomic mass is 10.2. The Balaban J connectivity index is 1.83. The molecule has 1 atom stereocenters. The number of rotatable bonds is 7. The van der Waals surface area contributed by atoms with E-state index in [1.165, 1.54) is 5.56 Å². The molecule has 2 rings (SSSR count). The van der Waals surface area contributed by atoms with Crippen LogP contribution < -0.4 is 10.1 Å². The lowest BCUT2D eigenvalue weighted by Gasteiger charge is -2.10. The third-order valence-electron chi connectivity index (χ3n) is 3.43. The average molecular weight is 299 g/mol. The molecule has 2 aromatic rings. The molecule has 22 heavy (non-hydrogen) atoms. The first-order chi connectivity index (χ1) is 10.5. The number of carbonyl (C=O) groups is 1. The highest BCUT2D eigenvalue weighted by Gasteiger charge is 2.09. The van der Waals surface area contributed by atoms with Crippen LogP contribution >= 0.6 is 0 Å². The van der Waals surface area contributed by atoms with Gasteiger partial charge in [0, 0.05) is 6.54 Å². The van der Waals surface area contributed by atoms with Crippen LogP contribution in [-0.2, 0) is 17.9 Å². The minimum Gasteiger partial charge on any atom is -0.489 e. The van der Waals surface area contributed by atoms with E-state index in [0.29, 0.717) is 13.2 Å². The Morgan fingerprint density at radius 3 is 2.27 bits per heavy atom. The van der Waals surface area contributed by atoms with Crippen LogP contribution in [0.5, 0.6) is 5.75 Å². The normalized spacial score (nSPS) is 11.9. The van der Waals surface area contributed by atoms with Crippen molar-refractivity contribution in [2.45, 2.75) is 33.0 Å². The van der Waals surface area contributed by atoms with Gasteiger partial charge >= 0.3 is 5.97 Å². The first kappa shape index (κ1) is 16.0. The summed E-state index contributed by atoms with van der Waals surface area (Å²) in [7, 11) is 0. The van der Waals surface area contributed by atoms with Crippen molar-refractivity contribution in [1.29, 1.82) is 0 Å². The largest absolute Gasteiger partial charge is 0.489 e. The molecule has 2 N–H and O–H groups in total. The third-order valence-corrected chi connectivity index (χ3v) is 3.43. The lowest BCUT2D eigenvalue weighted by Crippen LogP contribution is -2.33. The van der Waals surface area contributed by atoms with Crippen LogP contribution in [0.15, 0.2) is 48.5 Å². The summed E-state index contributed by atoms with van der Waals surface area (Å²) in [6.45, 7) is 4.74. The second kappa shape index (κ2) is 7.61. The molecule has 0 aliphatic heterocycles. The summed E-state index contributed by atoms with van der Waals surface area (Å²) >= 11 is 0. The average Bonchev–Trinajstić information content (AvgIpc) is 2.53. The Morgan fingerprint density at radius 2 is 1.68 bits per heavy atom. The summed E-state index contributed by atoms with van der Waals surface area (Å²) in [5, 5.41) is 11.8. The Bertz CT molecular complexity index is 605. The highest BCUT2D eigenvalue weighted by atomic mass is 16.5. The summed E-state index contributed by atoms with van der Waals surface area (Å²) in [6.07, 6.45) is 0. The lowest BCUT2D eigenvalue weighted by molar-refractivity contribution is -0.139. The fourth-order valence-corrected chi connectivity index (χ4v) is 1.91.